The monoisotopic (exact) mass is 404 g/mol. The zero-order valence-electron chi connectivity index (χ0n) is 17.5. The number of nitrogens with zero attached hydrogens (tertiary/aromatic N) is 4. The number of thiophene rings is 1. The van der Waals surface area contributed by atoms with Gasteiger partial charge in [0.1, 0.15) is 0 Å². The summed E-state index contributed by atoms with van der Waals surface area (Å²) < 4.78 is 5.33. The zero-order chi connectivity index (χ0) is 20.1. The van der Waals surface area contributed by atoms with Gasteiger partial charge in [0.15, 0.2) is 5.82 Å². The molecule has 0 radical (unpaired) electrons. The van der Waals surface area contributed by atoms with Crippen LogP contribution in [0.15, 0.2) is 16.0 Å². The number of piperidine rings is 1. The quantitative estimate of drug-likeness (QED) is 0.671. The fourth-order valence-electron chi connectivity index (χ4n) is 3.84. The number of rotatable bonds is 8. The number of likely N-dealkylation sites (tertiary alicyclic amines) is 1. The minimum Gasteiger partial charge on any atom is -0.339 e. The minimum atomic E-state index is 0.130. The van der Waals surface area contributed by atoms with Gasteiger partial charge in [0.05, 0.1) is 0 Å². The number of amides is 1. The van der Waals surface area contributed by atoms with E-state index >= 15 is 0 Å². The molecule has 1 aliphatic heterocycles. The largest absolute Gasteiger partial charge is 0.339 e. The number of carbonyl (C=O) groups excluding carboxylic acids is 1. The first kappa shape index (κ1) is 21.0. The summed E-state index contributed by atoms with van der Waals surface area (Å²) in [7, 11) is 0. The van der Waals surface area contributed by atoms with Crippen LogP contribution in [0.3, 0.4) is 0 Å². The lowest BCUT2D eigenvalue weighted by Gasteiger charge is -2.39. The van der Waals surface area contributed by atoms with Gasteiger partial charge in [-0.1, -0.05) is 19.0 Å². The molecule has 1 fully saturated rings. The molecule has 0 spiro atoms. The predicted octanol–water partition coefficient (Wildman–Crippen LogP) is 3.69. The third-order valence-corrected chi connectivity index (χ3v) is 6.34. The fourth-order valence-corrected chi connectivity index (χ4v) is 4.79. The number of carbonyl (C=O) groups is 1. The van der Waals surface area contributed by atoms with E-state index in [-0.39, 0.29) is 11.9 Å². The number of aryl methyl sites for hydroxylation is 1. The molecular formula is C21H32N4O2S. The molecule has 1 aliphatic rings. The van der Waals surface area contributed by atoms with E-state index < -0.39 is 0 Å². The van der Waals surface area contributed by atoms with E-state index in [9.17, 15) is 4.79 Å². The number of hydrogen-bond donors (Lipinski definition) is 0. The molecule has 1 amide bonds. The Labute approximate surface area is 171 Å². The van der Waals surface area contributed by atoms with Crippen LogP contribution < -0.4 is 0 Å². The highest BCUT2D eigenvalue weighted by atomic mass is 32.1. The van der Waals surface area contributed by atoms with Crippen molar-refractivity contribution in [2.75, 3.05) is 19.6 Å². The molecule has 1 saturated heterocycles. The van der Waals surface area contributed by atoms with Crippen molar-refractivity contribution in [3.8, 4) is 0 Å². The van der Waals surface area contributed by atoms with Crippen molar-refractivity contribution in [3.63, 3.8) is 0 Å². The van der Waals surface area contributed by atoms with Crippen LogP contribution in [-0.4, -0.2) is 51.5 Å². The zero-order valence-corrected chi connectivity index (χ0v) is 18.3. The molecule has 3 heterocycles. The summed E-state index contributed by atoms with van der Waals surface area (Å²) in [5, 5.41) is 6.25. The first-order chi connectivity index (χ1) is 13.4. The Morgan fingerprint density at radius 2 is 2.29 bits per heavy atom. The highest BCUT2D eigenvalue weighted by Crippen LogP contribution is 2.22. The normalized spacial score (nSPS) is 18.0. The Morgan fingerprint density at radius 3 is 2.96 bits per heavy atom. The molecule has 0 saturated carbocycles. The van der Waals surface area contributed by atoms with E-state index in [2.05, 4.69) is 47.3 Å². The Balaban J connectivity index is 1.57. The highest BCUT2D eigenvalue weighted by molar-refractivity contribution is 7.10. The van der Waals surface area contributed by atoms with Gasteiger partial charge >= 0.3 is 0 Å². The first-order valence-electron chi connectivity index (χ1n) is 10.3. The van der Waals surface area contributed by atoms with Crippen LogP contribution in [0.2, 0.25) is 0 Å². The SMILES string of the molecule is CC(=O)N(CCc1noc(CC(C)C)n1)C1CCCN(Cc2sccc2C)C1. The molecular weight excluding hydrogens is 372 g/mol. The summed E-state index contributed by atoms with van der Waals surface area (Å²) in [4.78, 5) is 22.7. The molecule has 1 unspecified atom stereocenters. The van der Waals surface area contributed by atoms with Gasteiger partial charge in [-0.15, -0.1) is 11.3 Å². The van der Waals surface area contributed by atoms with Gasteiger partial charge in [0, 0.05) is 50.3 Å². The maximum absolute atomic E-state index is 12.3. The van der Waals surface area contributed by atoms with E-state index in [1.807, 2.05) is 16.2 Å². The van der Waals surface area contributed by atoms with Gasteiger partial charge in [-0.05, 0) is 49.2 Å². The van der Waals surface area contributed by atoms with E-state index in [1.54, 1.807) is 6.92 Å². The second-order valence-electron chi connectivity index (χ2n) is 8.22. The van der Waals surface area contributed by atoms with Crippen LogP contribution in [0.25, 0.3) is 0 Å². The fraction of sp³-hybridized carbons (Fsp3) is 0.667. The van der Waals surface area contributed by atoms with Crippen LogP contribution in [0, 0.1) is 12.8 Å². The molecule has 154 valence electrons. The molecule has 28 heavy (non-hydrogen) atoms. The predicted molar refractivity (Wildman–Crippen MR) is 111 cm³/mol. The third kappa shape index (κ3) is 5.64. The summed E-state index contributed by atoms with van der Waals surface area (Å²) in [6.45, 7) is 11.8. The second kappa shape index (κ2) is 9.65. The molecule has 6 nitrogen and oxygen atoms in total. The van der Waals surface area contributed by atoms with E-state index in [0.29, 0.717) is 30.6 Å². The molecule has 0 N–H and O–H groups in total. The van der Waals surface area contributed by atoms with Gasteiger partial charge in [-0.2, -0.15) is 4.98 Å². The van der Waals surface area contributed by atoms with Crippen LogP contribution in [0.4, 0.5) is 0 Å². The lowest BCUT2D eigenvalue weighted by Crippen LogP contribution is -2.50. The smallest absolute Gasteiger partial charge is 0.226 e. The van der Waals surface area contributed by atoms with Gasteiger partial charge in [-0.3, -0.25) is 9.69 Å². The van der Waals surface area contributed by atoms with Crippen LogP contribution in [0.1, 0.15) is 55.8 Å². The number of aromatic nitrogens is 2. The van der Waals surface area contributed by atoms with Crippen LogP contribution in [-0.2, 0) is 24.2 Å². The van der Waals surface area contributed by atoms with E-state index in [4.69, 9.17) is 4.52 Å². The summed E-state index contributed by atoms with van der Waals surface area (Å²) >= 11 is 1.82. The molecule has 7 heteroatoms. The van der Waals surface area contributed by atoms with Crippen molar-refractivity contribution in [1.82, 2.24) is 19.9 Å². The molecule has 1 atom stereocenters. The Kier molecular flexibility index (Phi) is 7.24. The van der Waals surface area contributed by atoms with E-state index in [1.165, 1.54) is 10.4 Å². The topological polar surface area (TPSA) is 62.5 Å². The lowest BCUT2D eigenvalue weighted by molar-refractivity contribution is -0.132. The van der Waals surface area contributed by atoms with Gasteiger partial charge in [0.25, 0.3) is 0 Å². The van der Waals surface area contributed by atoms with Crippen LogP contribution in [0.5, 0.6) is 0 Å². The van der Waals surface area contributed by atoms with Crippen molar-refractivity contribution in [3.05, 3.63) is 33.6 Å². The van der Waals surface area contributed by atoms with Gasteiger partial charge in [-0.25, -0.2) is 0 Å². The first-order valence-corrected chi connectivity index (χ1v) is 11.1. The van der Waals surface area contributed by atoms with Crippen molar-refractivity contribution in [1.29, 1.82) is 0 Å². The number of hydrogen-bond acceptors (Lipinski definition) is 6. The highest BCUT2D eigenvalue weighted by Gasteiger charge is 2.27. The Morgan fingerprint density at radius 1 is 1.46 bits per heavy atom. The maximum atomic E-state index is 12.3. The molecule has 2 aromatic rings. The van der Waals surface area contributed by atoms with Crippen molar-refractivity contribution in [2.45, 2.75) is 66.0 Å². The Bertz CT molecular complexity index is 770. The van der Waals surface area contributed by atoms with Crippen LogP contribution >= 0.6 is 11.3 Å². The lowest BCUT2D eigenvalue weighted by atomic mass is 10.0. The second-order valence-corrected chi connectivity index (χ2v) is 9.22. The van der Waals surface area contributed by atoms with Gasteiger partial charge in [0.2, 0.25) is 11.8 Å². The average molecular weight is 405 g/mol. The summed E-state index contributed by atoms with van der Waals surface area (Å²) in [5.41, 5.74) is 1.37. The molecule has 2 aromatic heterocycles. The maximum Gasteiger partial charge on any atom is 0.226 e. The summed E-state index contributed by atoms with van der Waals surface area (Å²) in [6.07, 6.45) is 3.62. The summed E-state index contributed by atoms with van der Waals surface area (Å²) in [6, 6.07) is 2.44. The summed E-state index contributed by atoms with van der Waals surface area (Å²) in [5.74, 6) is 2.01. The van der Waals surface area contributed by atoms with Gasteiger partial charge < -0.3 is 9.42 Å². The van der Waals surface area contributed by atoms with Crippen molar-refractivity contribution < 1.29 is 9.32 Å². The average Bonchev–Trinajstić information content (AvgIpc) is 3.24. The molecule has 0 aromatic carbocycles. The molecule has 3 rings (SSSR count). The standard InChI is InChI=1S/C21H32N4O2S/c1-15(2)12-21-22-20(23-27-21)7-10-25(17(4)26)18-6-5-9-24(13-18)14-19-16(3)8-11-28-19/h8,11,15,18H,5-7,9-10,12-14H2,1-4H3. The van der Waals surface area contributed by atoms with E-state index in [0.717, 1.165) is 38.9 Å². The van der Waals surface area contributed by atoms with Crippen molar-refractivity contribution >= 4 is 17.2 Å². The minimum absolute atomic E-state index is 0.130. The third-order valence-electron chi connectivity index (χ3n) is 5.33. The Hall–Kier alpha value is -1.73. The van der Waals surface area contributed by atoms with Crippen molar-refractivity contribution in [2.24, 2.45) is 5.92 Å². The molecule has 0 bridgehead atoms. The molecule has 0 aliphatic carbocycles.